The molecule has 0 aliphatic carbocycles. The molecule has 0 atom stereocenters. The monoisotopic (exact) mass is 352 g/mol. The molecule has 2 heterocycles. The fourth-order valence-corrected chi connectivity index (χ4v) is 3.08. The maximum Gasteiger partial charge on any atom is 0.219 e. The first-order valence-electron chi connectivity index (χ1n) is 8.57. The Balaban J connectivity index is 1.91. The van der Waals surface area contributed by atoms with Crippen LogP contribution in [0.3, 0.4) is 0 Å². The second-order valence-corrected chi connectivity index (χ2v) is 6.35. The fraction of sp³-hybridized carbons (Fsp3) is 0.316. The highest BCUT2D eigenvalue weighted by Gasteiger charge is 2.22. The van der Waals surface area contributed by atoms with Gasteiger partial charge in [-0.25, -0.2) is 4.99 Å². The number of aryl methyl sites for hydroxylation is 1. The van der Waals surface area contributed by atoms with Gasteiger partial charge in [0.05, 0.1) is 18.4 Å². The third-order valence-corrected chi connectivity index (χ3v) is 4.54. The number of rotatable bonds is 4. The van der Waals surface area contributed by atoms with Crippen LogP contribution in [0.5, 0.6) is 0 Å². The Morgan fingerprint density at radius 2 is 2.15 bits per heavy atom. The number of carbonyl (C=O) groups is 1. The Morgan fingerprint density at radius 1 is 1.35 bits per heavy atom. The summed E-state index contributed by atoms with van der Waals surface area (Å²) in [4.78, 5) is 18.1. The lowest BCUT2D eigenvalue weighted by Gasteiger charge is -2.29. The molecule has 3 N–H and O–H groups in total. The summed E-state index contributed by atoms with van der Waals surface area (Å²) < 4.78 is 1.77. The molecule has 2 aromatic rings. The van der Waals surface area contributed by atoms with Gasteiger partial charge >= 0.3 is 0 Å². The topological polar surface area (TPSA) is 88.5 Å². The van der Waals surface area contributed by atoms with Crippen molar-refractivity contribution in [2.24, 2.45) is 17.8 Å². The van der Waals surface area contributed by atoms with Gasteiger partial charge in [-0.05, 0) is 17.7 Å². The van der Waals surface area contributed by atoms with Crippen molar-refractivity contribution in [2.45, 2.75) is 13.3 Å². The Hall–Kier alpha value is -3.09. The number of aliphatic imine (C=N–C) groups is 1. The van der Waals surface area contributed by atoms with Gasteiger partial charge in [0.1, 0.15) is 5.84 Å². The summed E-state index contributed by atoms with van der Waals surface area (Å²) in [5.41, 5.74) is 11.0. The SMILES string of the molecule is CNC1=C(C(N)=Nc2cccc(-c3cnn(C)c3)c2)CN(C(C)=O)CC1. The number of benzene rings is 1. The van der Waals surface area contributed by atoms with Crippen LogP contribution in [0.1, 0.15) is 13.3 Å². The van der Waals surface area contributed by atoms with Crippen LogP contribution in [0.15, 0.2) is 52.9 Å². The molecule has 0 saturated heterocycles. The number of amides is 1. The van der Waals surface area contributed by atoms with Gasteiger partial charge in [-0.2, -0.15) is 5.10 Å². The molecule has 1 amide bonds. The minimum atomic E-state index is 0.0454. The number of hydrogen-bond acceptors (Lipinski definition) is 4. The molecule has 136 valence electrons. The molecule has 7 heteroatoms. The number of nitrogens with two attached hydrogens (primary N) is 1. The highest BCUT2D eigenvalue weighted by Crippen LogP contribution is 2.25. The quantitative estimate of drug-likeness (QED) is 0.649. The van der Waals surface area contributed by atoms with Crippen molar-refractivity contribution in [1.82, 2.24) is 20.0 Å². The molecule has 0 saturated carbocycles. The first-order valence-corrected chi connectivity index (χ1v) is 8.57. The minimum absolute atomic E-state index is 0.0454. The third kappa shape index (κ3) is 3.77. The van der Waals surface area contributed by atoms with Crippen LogP contribution in [-0.4, -0.2) is 46.6 Å². The smallest absolute Gasteiger partial charge is 0.219 e. The van der Waals surface area contributed by atoms with Gasteiger partial charge in [-0.3, -0.25) is 9.48 Å². The molecule has 3 rings (SSSR count). The summed E-state index contributed by atoms with van der Waals surface area (Å²) in [6.45, 7) is 2.74. The summed E-state index contributed by atoms with van der Waals surface area (Å²) in [6.07, 6.45) is 4.52. The van der Waals surface area contributed by atoms with Crippen molar-refractivity contribution in [3.63, 3.8) is 0 Å². The summed E-state index contributed by atoms with van der Waals surface area (Å²) in [5.74, 6) is 0.479. The van der Waals surface area contributed by atoms with Crippen molar-refractivity contribution in [3.05, 3.63) is 47.9 Å². The summed E-state index contributed by atoms with van der Waals surface area (Å²) in [5, 5.41) is 7.40. The van der Waals surface area contributed by atoms with Gasteiger partial charge in [-0.1, -0.05) is 12.1 Å². The molecular formula is C19H24N6O. The molecule has 1 aliphatic heterocycles. The molecule has 0 radical (unpaired) electrons. The lowest BCUT2D eigenvalue weighted by molar-refractivity contribution is -0.128. The van der Waals surface area contributed by atoms with E-state index in [0.29, 0.717) is 18.9 Å². The maximum atomic E-state index is 11.7. The summed E-state index contributed by atoms with van der Waals surface area (Å²) in [7, 11) is 3.76. The molecule has 0 spiro atoms. The number of nitrogens with one attached hydrogen (secondary N) is 1. The van der Waals surface area contributed by atoms with E-state index in [1.807, 2.05) is 50.8 Å². The lowest BCUT2D eigenvalue weighted by atomic mass is 10.0. The van der Waals surface area contributed by atoms with E-state index in [1.165, 1.54) is 0 Å². The zero-order valence-corrected chi connectivity index (χ0v) is 15.4. The average Bonchev–Trinajstić information content (AvgIpc) is 3.07. The van der Waals surface area contributed by atoms with Gasteiger partial charge in [0, 0.05) is 57.0 Å². The first kappa shape index (κ1) is 17.7. The van der Waals surface area contributed by atoms with E-state index in [-0.39, 0.29) is 5.91 Å². The molecule has 1 aromatic heterocycles. The normalized spacial score (nSPS) is 15.3. The van der Waals surface area contributed by atoms with E-state index in [9.17, 15) is 4.79 Å². The zero-order chi connectivity index (χ0) is 18.7. The van der Waals surface area contributed by atoms with Crippen LogP contribution < -0.4 is 11.1 Å². The Labute approximate surface area is 153 Å². The molecular weight excluding hydrogens is 328 g/mol. The highest BCUT2D eigenvalue weighted by atomic mass is 16.2. The average molecular weight is 352 g/mol. The van der Waals surface area contributed by atoms with Crippen LogP contribution in [0, 0.1) is 0 Å². The molecule has 0 bridgehead atoms. The van der Waals surface area contributed by atoms with Gasteiger partial charge in [0.25, 0.3) is 0 Å². The molecule has 1 aromatic carbocycles. The molecule has 0 fully saturated rings. The standard InChI is InChI=1S/C19H24N6O/c1-13(26)25-8-7-18(21-2)17(12-25)19(20)23-16-6-4-5-14(9-16)15-10-22-24(3)11-15/h4-6,9-11,21H,7-8,12H2,1-3H3,(H2,20,23). The van der Waals surface area contributed by atoms with Crippen LogP contribution in [0.2, 0.25) is 0 Å². The summed E-state index contributed by atoms with van der Waals surface area (Å²) in [6, 6.07) is 7.86. The van der Waals surface area contributed by atoms with E-state index in [1.54, 1.807) is 16.5 Å². The zero-order valence-electron chi connectivity index (χ0n) is 15.4. The molecule has 26 heavy (non-hydrogen) atoms. The van der Waals surface area contributed by atoms with E-state index in [4.69, 9.17) is 5.73 Å². The molecule has 1 aliphatic rings. The Kier molecular flexibility index (Phi) is 5.06. The minimum Gasteiger partial charge on any atom is -0.391 e. The molecule has 7 nitrogen and oxygen atoms in total. The number of amidine groups is 1. The number of hydrogen-bond donors (Lipinski definition) is 2. The Bertz CT molecular complexity index is 880. The van der Waals surface area contributed by atoms with Crippen molar-refractivity contribution in [2.75, 3.05) is 20.1 Å². The van der Waals surface area contributed by atoms with Crippen molar-refractivity contribution < 1.29 is 4.79 Å². The van der Waals surface area contributed by atoms with Crippen LogP contribution in [0.25, 0.3) is 11.1 Å². The highest BCUT2D eigenvalue weighted by molar-refractivity contribution is 6.00. The lowest BCUT2D eigenvalue weighted by Crippen LogP contribution is -2.40. The predicted molar refractivity (Wildman–Crippen MR) is 103 cm³/mol. The number of aromatic nitrogens is 2. The fourth-order valence-electron chi connectivity index (χ4n) is 3.08. The van der Waals surface area contributed by atoms with Gasteiger partial charge in [-0.15, -0.1) is 0 Å². The van der Waals surface area contributed by atoms with Crippen molar-refractivity contribution in [3.8, 4) is 11.1 Å². The van der Waals surface area contributed by atoms with E-state index >= 15 is 0 Å². The number of carbonyl (C=O) groups excluding carboxylic acids is 1. The van der Waals surface area contributed by atoms with Crippen molar-refractivity contribution >= 4 is 17.4 Å². The van der Waals surface area contributed by atoms with Crippen LogP contribution in [0.4, 0.5) is 5.69 Å². The maximum absolute atomic E-state index is 11.7. The summed E-state index contributed by atoms with van der Waals surface area (Å²) >= 11 is 0. The number of nitrogens with zero attached hydrogens (tertiary/aromatic N) is 4. The Morgan fingerprint density at radius 3 is 2.81 bits per heavy atom. The van der Waals surface area contributed by atoms with E-state index in [2.05, 4.69) is 15.4 Å². The van der Waals surface area contributed by atoms with Crippen LogP contribution >= 0.6 is 0 Å². The van der Waals surface area contributed by atoms with Gasteiger partial charge in [0.15, 0.2) is 0 Å². The second kappa shape index (κ2) is 7.43. The third-order valence-electron chi connectivity index (χ3n) is 4.54. The predicted octanol–water partition coefficient (Wildman–Crippen LogP) is 1.80. The first-order chi connectivity index (χ1) is 12.5. The second-order valence-electron chi connectivity index (χ2n) is 6.35. The van der Waals surface area contributed by atoms with E-state index in [0.717, 1.165) is 34.5 Å². The van der Waals surface area contributed by atoms with Gasteiger partial charge in [0.2, 0.25) is 5.91 Å². The van der Waals surface area contributed by atoms with Gasteiger partial charge < -0.3 is 16.0 Å². The largest absolute Gasteiger partial charge is 0.391 e. The molecule has 0 unspecified atom stereocenters. The van der Waals surface area contributed by atoms with Crippen LogP contribution in [-0.2, 0) is 11.8 Å². The van der Waals surface area contributed by atoms with Crippen molar-refractivity contribution in [1.29, 1.82) is 0 Å². The van der Waals surface area contributed by atoms with E-state index < -0.39 is 0 Å².